The van der Waals surface area contributed by atoms with Gasteiger partial charge in [-0.15, -0.1) is 0 Å². The summed E-state index contributed by atoms with van der Waals surface area (Å²) in [7, 11) is 0. The van der Waals surface area contributed by atoms with Gasteiger partial charge in [-0.25, -0.2) is 0 Å². The Balaban J connectivity index is -0.000000709. The molecule has 27 heavy (non-hydrogen) atoms. The molecule has 0 atom stereocenters. The van der Waals surface area contributed by atoms with Crippen LogP contribution in [-0.4, -0.2) is 78.3 Å². The SMILES string of the molecule is CCCCCCCCCCCCCCCCCC(=O)[O-].OCC(O)CO.[Ca+]. The van der Waals surface area contributed by atoms with Gasteiger partial charge < -0.3 is 25.2 Å². The number of aliphatic hydroxyl groups is 3. The molecule has 0 aliphatic rings. The van der Waals surface area contributed by atoms with Crippen molar-refractivity contribution >= 4 is 43.7 Å². The van der Waals surface area contributed by atoms with Crippen LogP contribution in [0, 0.1) is 0 Å². The number of carboxylic acids is 1. The van der Waals surface area contributed by atoms with Crippen LogP contribution < -0.4 is 5.11 Å². The Morgan fingerprint density at radius 3 is 1.22 bits per heavy atom. The summed E-state index contributed by atoms with van der Waals surface area (Å²) >= 11 is 0. The first-order valence-corrected chi connectivity index (χ1v) is 10.7. The first kappa shape index (κ1) is 32.3. The summed E-state index contributed by atoms with van der Waals surface area (Å²) in [5.74, 6) is -0.903. The van der Waals surface area contributed by atoms with Gasteiger partial charge in [-0.05, 0) is 12.8 Å². The summed E-state index contributed by atoms with van der Waals surface area (Å²) < 4.78 is 0. The minimum absolute atomic E-state index is 0. The van der Waals surface area contributed by atoms with E-state index < -0.39 is 12.1 Å². The molecule has 0 spiro atoms. The van der Waals surface area contributed by atoms with Crippen LogP contribution in [-0.2, 0) is 4.79 Å². The molecular formula is C21H43CaO5. The third-order valence-corrected chi connectivity index (χ3v) is 4.41. The maximum absolute atomic E-state index is 10.2. The standard InChI is InChI=1S/C18H36O2.C3H8O3.Ca/c1-2-3-4-5-6-7-8-9-10-11-12-13-14-15-16-17-18(19)20;4-1-3(6)2-5;/h2-17H2,1H3,(H,19,20);3-6H,1-2H2;/q;;+1/p-1. The van der Waals surface area contributed by atoms with Crippen LogP contribution in [0.4, 0.5) is 0 Å². The number of rotatable bonds is 18. The molecule has 3 N–H and O–H groups in total. The van der Waals surface area contributed by atoms with E-state index in [9.17, 15) is 9.90 Å². The molecule has 0 aromatic heterocycles. The van der Waals surface area contributed by atoms with Gasteiger partial charge >= 0.3 is 37.7 Å². The second-order valence-corrected chi connectivity index (χ2v) is 7.09. The van der Waals surface area contributed by atoms with Gasteiger partial charge in [-0.2, -0.15) is 0 Å². The Morgan fingerprint density at radius 1 is 0.704 bits per heavy atom. The third kappa shape index (κ3) is 34.5. The van der Waals surface area contributed by atoms with Crippen molar-refractivity contribution in [1.82, 2.24) is 0 Å². The Hall–Kier alpha value is 0.610. The normalized spacial score (nSPS) is 10.3. The molecule has 0 aliphatic heterocycles. The summed E-state index contributed by atoms with van der Waals surface area (Å²) in [6, 6.07) is 0. The molecule has 0 saturated carbocycles. The van der Waals surface area contributed by atoms with Crippen molar-refractivity contribution in [3.63, 3.8) is 0 Å². The van der Waals surface area contributed by atoms with Gasteiger partial charge in [0.25, 0.3) is 0 Å². The molecule has 0 fully saturated rings. The molecule has 0 rings (SSSR count). The quantitative estimate of drug-likeness (QED) is 0.236. The van der Waals surface area contributed by atoms with Gasteiger partial charge in [0.15, 0.2) is 0 Å². The number of aliphatic hydroxyl groups excluding tert-OH is 3. The van der Waals surface area contributed by atoms with Crippen LogP contribution in [0.25, 0.3) is 0 Å². The van der Waals surface area contributed by atoms with E-state index in [-0.39, 0.29) is 57.4 Å². The number of hydrogen-bond donors (Lipinski definition) is 3. The molecular weight excluding hydrogens is 372 g/mol. The maximum Gasteiger partial charge on any atom is 1.00 e. The van der Waals surface area contributed by atoms with Gasteiger partial charge in [0.1, 0.15) is 6.10 Å². The molecule has 0 aromatic rings. The molecule has 0 heterocycles. The van der Waals surface area contributed by atoms with Crippen molar-refractivity contribution in [3.8, 4) is 0 Å². The molecule has 159 valence electrons. The van der Waals surface area contributed by atoms with E-state index >= 15 is 0 Å². The number of aliphatic carboxylic acids is 1. The zero-order chi connectivity index (χ0) is 19.9. The summed E-state index contributed by atoms with van der Waals surface area (Å²) in [5.41, 5.74) is 0. The molecule has 0 aromatic carbocycles. The van der Waals surface area contributed by atoms with Gasteiger partial charge in [0, 0.05) is 5.97 Å². The average Bonchev–Trinajstić information content (AvgIpc) is 2.64. The van der Waals surface area contributed by atoms with Crippen molar-refractivity contribution < 1.29 is 25.2 Å². The first-order chi connectivity index (χ1) is 12.6. The average molecular weight is 416 g/mol. The Bertz CT molecular complexity index is 273. The minimum atomic E-state index is -0.954. The van der Waals surface area contributed by atoms with Gasteiger partial charge in [0.2, 0.25) is 0 Å². The summed E-state index contributed by atoms with van der Waals surface area (Å²) in [6.45, 7) is 1.54. The molecule has 0 unspecified atom stereocenters. The Labute approximate surface area is 196 Å². The van der Waals surface area contributed by atoms with Crippen LogP contribution in [0.5, 0.6) is 0 Å². The molecule has 0 amide bonds. The van der Waals surface area contributed by atoms with Crippen molar-refractivity contribution in [3.05, 3.63) is 0 Å². The second kappa shape index (κ2) is 28.8. The maximum atomic E-state index is 10.2. The third-order valence-electron chi connectivity index (χ3n) is 4.41. The van der Waals surface area contributed by atoms with Gasteiger partial charge in [-0.3, -0.25) is 0 Å². The number of unbranched alkanes of at least 4 members (excludes halogenated alkanes) is 14. The molecule has 0 aliphatic carbocycles. The smallest absolute Gasteiger partial charge is 0.550 e. The summed E-state index contributed by atoms with van der Waals surface area (Å²) in [6.07, 6.45) is 18.9. The monoisotopic (exact) mass is 415 g/mol. The fourth-order valence-electron chi connectivity index (χ4n) is 2.70. The van der Waals surface area contributed by atoms with Crippen molar-refractivity contribution in [2.24, 2.45) is 0 Å². The predicted octanol–water partition coefficient (Wildman–Crippen LogP) is 2.95. The van der Waals surface area contributed by atoms with Gasteiger partial charge in [-0.1, -0.05) is 96.8 Å². The van der Waals surface area contributed by atoms with E-state index in [4.69, 9.17) is 15.3 Å². The van der Waals surface area contributed by atoms with Crippen LogP contribution >= 0.6 is 0 Å². The zero-order valence-corrected chi connectivity index (χ0v) is 19.9. The van der Waals surface area contributed by atoms with E-state index in [2.05, 4.69) is 6.92 Å². The van der Waals surface area contributed by atoms with E-state index in [0.29, 0.717) is 0 Å². The van der Waals surface area contributed by atoms with Crippen molar-refractivity contribution in [1.29, 1.82) is 0 Å². The van der Waals surface area contributed by atoms with Crippen LogP contribution in [0.2, 0.25) is 0 Å². The number of hydrogen-bond acceptors (Lipinski definition) is 5. The summed E-state index contributed by atoms with van der Waals surface area (Å²) in [5, 5.41) is 34.2. The Kier molecular flexibility index (Phi) is 34.5. The molecule has 6 heteroatoms. The fraction of sp³-hybridized carbons (Fsp3) is 0.952. The zero-order valence-electron chi connectivity index (χ0n) is 17.7. The second-order valence-electron chi connectivity index (χ2n) is 7.09. The topological polar surface area (TPSA) is 101 Å². The largest absolute Gasteiger partial charge is 1.00 e. The van der Waals surface area contributed by atoms with Crippen molar-refractivity contribution in [2.45, 2.75) is 116 Å². The predicted molar refractivity (Wildman–Crippen MR) is 110 cm³/mol. The minimum Gasteiger partial charge on any atom is -0.550 e. The van der Waals surface area contributed by atoms with E-state index in [1.165, 1.54) is 83.5 Å². The number of carbonyl (C=O) groups excluding carboxylic acids is 1. The molecule has 0 bridgehead atoms. The van der Waals surface area contributed by atoms with E-state index in [1.54, 1.807) is 0 Å². The fourth-order valence-corrected chi connectivity index (χ4v) is 2.70. The molecule has 0 saturated heterocycles. The van der Waals surface area contributed by atoms with Crippen LogP contribution in [0.3, 0.4) is 0 Å². The van der Waals surface area contributed by atoms with Gasteiger partial charge in [0.05, 0.1) is 13.2 Å². The molecule has 5 nitrogen and oxygen atoms in total. The Morgan fingerprint density at radius 2 is 1.00 bits per heavy atom. The van der Waals surface area contributed by atoms with E-state index in [1.807, 2.05) is 0 Å². The number of carboxylic acid groups (broad SMARTS) is 1. The first-order valence-electron chi connectivity index (χ1n) is 10.7. The summed E-state index contributed by atoms with van der Waals surface area (Å²) in [4.78, 5) is 10.2. The van der Waals surface area contributed by atoms with Crippen LogP contribution in [0.1, 0.15) is 110 Å². The number of carbonyl (C=O) groups is 1. The van der Waals surface area contributed by atoms with Crippen LogP contribution in [0.15, 0.2) is 0 Å². The van der Waals surface area contributed by atoms with Crippen molar-refractivity contribution in [2.75, 3.05) is 13.2 Å². The van der Waals surface area contributed by atoms with E-state index in [0.717, 1.165) is 12.8 Å². The molecule has 1 radical (unpaired) electrons.